The minimum absolute atomic E-state index is 0.141. The van der Waals surface area contributed by atoms with Gasteiger partial charge in [-0.2, -0.15) is 0 Å². The van der Waals surface area contributed by atoms with Gasteiger partial charge in [0.25, 0.3) is 5.56 Å². The summed E-state index contributed by atoms with van der Waals surface area (Å²) < 4.78 is 19.0. The molecule has 0 amide bonds. The maximum atomic E-state index is 13.3. The molecule has 1 aliphatic rings. The number of anilines is 1. The van der Waals surface area contributed by atoms with Gasteiger partial charge >= 0.3 is 11.7 Å². The molecule has 1 aromatic carbocycles. The second kappa shape index (κ2) is 8.94. The van der Waals surface area contributed by atoms with E-state index in [1.165, 1.54) is 25.8 Å². The molecule has 0 aliphatic carbocycles. The monoisotopic (exact) mass is 443 g/mol. The zero-order valence-corrected chi connectivity index (χ0v) is 19.4. The lowest BCUT2D eigenvalue weighted by Gasteiger charge is -2.31. The standard InChI is InChI=1S/C23H29N3O6/c1-12(2)11-32-22(28)16-13(3)24-20-18(21(27)26(5)23(29)25(20)4)17(16)14-9-8-10-15(30-6)19(14)31-7/h8-10,12,17,24H,11H2,1-7H3. The summed E-state index contributed by atoms with van der Waals surface area (Å²) in [5.41, 5.74) is 0.595. The van der Waals surface area contributed by atoms with Crippen LogP contribution >= 0.6 is 0 Å². The largest absolute Gasteiger partial charge is 0.493 e. The lowest BCUT2D eigenvalue weighted by molar-refractivity contribution is -0.140. The van der Waals surface area contributed by atoms with Gasteiger partial charge in [-0.15, -0.1) is 0 Å². The van der Waals surface area contributed by atoms with E-state index in [9.17, 15) is 14.4 Å². The topological polar surface area (TPSA) is 101 Å². The van der Waals surface area contributed by atoms with Gasteiger partial charge < -0.3 is 19.5 Å². The number of nitrogens with one attached hydrogen (secondary N) is 1. The fourth-order valence-electron chi connectivity index (χ4n) is 3.93. The molecule has 1 N–H and O–H groups in total. The number of hydrogen-bond acceptors (Lipinski definition) is 7. The number of nitrogens with zero attached hydrogens (tertiary/aromatic N) is 2. The molecule has 0 saturated heterocycles. The van der Waals surface area contributed by atoms with Crippen LogP contribution in [0.1, 0.15) is 37.8 Å². The highest BCUT2D eigenvalue weighted by atomic mass is 16.5. The first kappa shape index (κ1) is 23.2. The Balaban J connectivity index is 2.38. The van der Waals surface area contributed by atoms with Crippen LogP contribution in [-0.2, 0) is 23.6 Å². The smallest absolute Gasteiger partial charge is 0.336 e. The molecule has 2 aromatic rings. The molecule has 1 aliphatic heterocycles. The van der Waals surface area contributed by atoms with Crippen LogP contribution in [0.5, 0.6) is 11.5 Å². The molecular formula is C23H29N3O6. The number of aromatic nitrogens is 2. The Labute approximate surface area is 186 Å². The van der Waals surface area contributed by atoms with Gasteiger partial charge in [0.1, 0.15) is 5.82 Å². The van der Waals surface area contributed by atoms with Crippen LogP contribution in [0.2, 0.25) is 0 Å². The normalized spacial score (nSPS) is 15.3. The summed E-state index contributed by atoms with van der Waals surface area (Å²) in [4.78, 5) is 39.1. The first-order valence-electron chi connectivity index (χ1n) is 10.3. The van der Waals surface area contributed by atoms with Crippen LogP contribution in [0.25, 0.3) is 0 Å². The van der Waals surface area contributed by atoms with E-state index in [2.05, 4.69) is 5.32 Å². The highest BCUT2D eigenvalue weighted by Gasteiger charge is 2.39. The summed E-state index contributed by atoms with van der Waals surface area (Å²) in [6, 6.07) is 5.27. The summed E-state index contributed by atoms with van der Waals surface area (Å²) in [7, 11) is 5.99. The average Bonchev–Trinajstić information content (AvgIpc) is 2.78. The Bertz CT molecular complexity index is 1210. The van der Waals surface area contributed by atoms with E-state index in [0.717, 1.165) is 4.57 Å². The number of para-hydroxylation sites is 1. The molecule has 0 spiro atoms. The van der Waals surface area contributed by atoms with Crippen molar-refractivity contribution < 1.29 is 19.0 Å². The summed E-state index contributed by atoms with van der Waals surface area (Å²) in [6.45, 7) is 5.83. The summed E-state index contributed by atoms with van der Waals surface area (Å²) in [5, 5.41) is 3.08. The Hall–Kier alpha value is -3.49. The predicted molar refractivity (Wildman–Crippen MR) is 120 cm³/mol. The Morgan fingerprint density at radius 3 is 2.41 bits per heavy atom. The quantitative estimate of drug-likeness (QED) is 0.683. The lowest BCUT2D eigenvalue weighted by atomic mass is 9.81. The molecule has 1 atom stereocenters. The predicted octanol–water partition coefficient (Wildman–Crippen LogP) is 2.13. The number of carbonyl (C=O) groups excluding carboxylic acids is 1. The van der Waals surface area contributed by atoms with Gasteiger partial charge in [-0.05, 0) is 18.9 Å². The van der Waals surface area contributed by atoms with E-state index in [4.69, 9.17) is 14.2 Å². The van der Waals surface area contributed by atoms with Crippen molar-refractivity contribution in [2.75, 3.05) is 26.1 Å². The second-order valence-electron chi connectivity index (χ2n) is 8.14. The van der Waals surface area contributed by atoms with Crippen LogP contribution in [0.15, 0.2) is 39.1 Å². The van der Waals surface area contributed by atoms with Gasteiger partial charge in [0.2, 0.25) is 0 Å². The van der Waals surface area contributed by atoms with Gasteiger partial charge in [0.05, 0.1) is 37.9 Å². The van der Waals surface area contributed by atoms with Crippen LogP contribution in [-0.4, -0.2) is 35.9 Å². The average molecular weight is 444 g/mol. The highest BCUT2D eigenvalue weighted by molar-refractivity contribution is 5.94. The maximum absolute atomic E-state index is 13.3. The highest BCUT2D eigenvalue weighted by Crippen LogP contribution is 2.45. The zero-order valence-electron chi connectivity index (χ0n) is 19.4. The van der Waals surface area contributed by atoms with E-state index in [0.29, 0.717) is 28.6 Å². The van der Waals surface area contributed by atoms with Crippen molar-refractivity contribution in [2.24, 2.45) is 20.0 Å². The third-order valence-electron chi connectivity index (χ3n) is 5.50. The third-order valence-corrected chi connectivity index (χ3v) is 5.50. The molecule has 0 fully saturated rings. The first-order valence-corrected chi connectivity index (χ1v) is 10.3. The van der Waals surface area contributed by atoms with Crippen LogP contribution in [0.3, 0.4) is 0 Å². The van der Waals surface area contributed by atoms with Crippen LogP contribution in [0.4, 0.5) is 5.82 Å². The van der Waals surface area contributed by atoms with Crippen molar-refractivity contribution in [2.45, 2.75) is 26.7 Å². The van der Waals surface area contributed by atoms with Gasteiger partial charge in [-0.25, -0.2) is 9.59 Å². The van der Waals surface area contributed by atoms with E-state index in [-0.39, 0.29) is 23.7 Å². The SMILES string of the molecule is COc1cccc(C2C(C(=O)OCC(C)C)=C(C)Nc3c2c(=O)n(C)c(=O)n3C)c1OC. The number of esters is 1. The van der Waals surface area contributed by atoms with E-state index in [1.54, 1.807) is 32.2 Å². The Morgan fingerprint density at radius 2 is 1.81 bits per heavy atom. The summed E-state index contributed by atoms with van der Waals surface area (Å²) in [6.07, 6.45) is 0. The van der Waals surface area contributed by atoms with E-state index >= 15 is 0 Å². The fourth-order valence-corrected chi connectivity index (χ4v) is 3.93. The van der Waals surface area contributed by atoms with Crippen molar-refractivity contribution in [1.29, 1.82) is 0 Å². The number of benzene rings is 1. The molecule has 2 heterocycles. The molecule has 0 radical (unpaired) electrons. The zero-order chi connectivity index (χ0) is 23.7. The minimum Gasteiger partial charge on any atom is -0.493 e. The molecule has 32 heavy (non-hydrogen) atoms. The van der Waals surface area contributed by atoms with Crippen molar-refractivity contribution in [1.82, 2.24) is 9.13 Å². The van der Waals surface area contributed by atoms with Crippen molar-refractivity contribution in [3.05, 3.63) is 61.4 Å². The molecule has 172 valence electrons. The summed E-state index contributed by atoms with van der Waals surface area (Å²) in [5.74, 6) is -0.0559. The molecule has 9 nitrogen and oxygen atoms in total. The van der Waals surface area contributed by atoms with Gasteiger partial charge in [0, 0.05) is 25.4 Å². The second-order valence-corrected chi connectivity index (χ2v) is 8.14. The maximum Gasteiger partial charge on any atom is 0.336 e. The van der Waals surface area contributed by atoms with E-state index in [1.807, 2.05) is 13.8 Å². The van der Waals surface area contributed by atoms with Crippen LogP contribution < -0.4 is 26.0 Å². The fraction of sp³-hybridized carbons (Fsp3) is 0.435. The van der Waals surface area contributed by atoms with Gasteiger partial charge in [-0.3, -0.25) is 13.9 Å². The van der Waals surface area contributed by atoms with E-state index < -0.39 is 23.1 Å². The molecule has 0 saturated carbocycles. The summed E-state index contributed by atoms with van der Waals surface area (Å²) >= 11 is 0. The minimum atomic E-state index is -0.832. The van der Waals surface area contributed by atoms with Crippen molar-refractivity contribution in [3.8, 4) is 11.5 Å². The number of carbonyl (C=O) groups is 1. The third kappa shape index (κ3) is 3.79. The molecular weight excluding hydrogens is 414 g/mol. The van der Waals surface area contributed by atoms with Crippen molar-refractivity contribution >= 4 is 11.8 Å². The Kier molecular flexibility index (Phi) is 6.47. The van der Waals surface area contributed by atoms with Gasteiger partial charge in [0.15, 0.2) is 11.5 Å². The number of hydrogen-bond donors (Lipinski definition) is 1. The number of ether oxygens (including phenoxy) is 3. The molecule has 0 bridgehead atoms. The number of methoxy groups -OCH3 is 2. The van der Waals surface area contributed by atoms with Crippen LogP contribution in [0, 0.1) is 5.92 Å². The van der Waals surface area contributed by atoms with Gasteiger partial charge in [-0.1, -0.05) is 26.0 Å². The van der Waals surface area contributed by atoms with Crippen molar-refractivity contribution in [3.63, 3.8) is 0 Å². The molecule has 1 aromatic heterocycles. The number of rotatable bonds is 6. The number of allylic oxidation sites excluding steroid dienone is 1. The lowest BCUT2D eigenvalue weighted by Crippen LogP contribution is -2.43. The Morgan fingerprint density at radius 1 is 1.12 bits per heavy atom. The molecule has 1 unspecified atom stereocenters. The number of fused-ring (bicyclic) bond motifs is 1. The molecule has 3 rings (SSSR count). The molecule has 9 heteroatoms. The first-order chi connectivity index (χ1) is 15.1.